The number of hydrogen-bond acceptors (Lipinski definition) is 4. The van der Waals surface area contributed by atoms with Gasteiger partial charge in [0.25, 0.3) is 0 Å². The predicted octanol–water partition coefficient (Wildman–Crippen LogP) is 2.52. The van der Waals surface area contributed by atoms with E-state index in [0.29, 0.717) is 12.4 Å². The van der Waals surface area contributed by atoms with E-state index in [1.807, 2.05) is 6.92 Å². The summed E-state index contributed by atoms with van der Waals surface area (Å²) in [5, 5.41) is 7.84. The molecular weight excluding hydrogens is 273 g/mol. The molecular formula is C15H18FN3O2. The van der Waals surface area contributed by atoms with Gasteiger partial charge in [0.15, 0.2) is 5.82 Å². The fraction of sp³-hybridized carbons (Fsp3) is 0.400. The Morgan fingerprint density at radius 3 is 2.81 bits per heavy atom. The number of aryl methyl sites for hydroxylation is 1. The number of aromatic nitrogens is 3. The highest BCUT2D eigenvalue weighted by Gasteiger charge is 2.31. The van der Waals surface area contributed by atoms with E-state index >= 15 is 0 Å². The molecule has 0 bridgehead atoms. The maximum Gasteiger partial charge on any atom is 0.321 e. The van der Waals surface area contributed by atoms with Crippen molar-refractivity contribution in [2.24, 2.45) is 0 Å². The van der Waals surface area contributed by atoms with Crippen molar-refractivity contribution in [1.29, 1.82) is 0 Å². The van der Waals surface area contributed by atoms with Crippen molar-refractivity contribution in [2.45, 2.75) is 32.7 Å². The van der Waals surface area contributed by atoms with Crippen LogP contribution in [0.3, 0.4) is 0 Å². The lowest BCUT2D eigenvalue weighted by Crippen LogP contribution is -2.22. The summed E-state index contributed by atoms with van der Waals surface area (Å²) in [6.07, 6.45) is 2.41. The first-order valence-electron chi connectivity index (χ1n) is 6.97. The summed E-state index contributed by atoms with van der Waals surface area (Å²) < 4.78 is 20.9. The smallest absolute Gasteiger partial charge is 0.321 e. The average Bonchev–Trinajstić information content (AvgIpc) is 2.90. The van der Waals surface area contributed by atoms with Gasteiger partial charge in [0.05, 0.1) is 6.61 Å². The summed E-state index contributed by atoms with van der Waals surface area (Å²) in [7, 11) is 0. The molecule has 0 saturated carbocycles. The van der Waals surface area contributed by atoms with Crippen molar-refractivity contribution in [3.8, 4) is 0 Å². The Hall–Kier alpha value is -2.24. The molecule has 0 radical (unpaired) electrons. The number of hydrogen-bond donors (Lipinski definition) is 0. The zero-order chi connectivity index (χ0) is 15.2. The number of rotatable bonds is 6. The molecule has 1 heterocycles. The molecule has 1 atom stereocenters. The lowest BCUT2D eigenvalue weighted by molar-refractivity contribution is -0.144. The summed E-state index contributed by atoms with van der Waals surface area (Å²) in [5.41, 5.74) is 0.251. The summed E-state index contributed by atoms with van der Waals surface area (Å²) >= 11 is 0. The highest BCUT2D eigenvalue weighted by atomic mass is 19.1. The standard InChI is InChI=1S/C15H18FN3O2/c1-3-9-19-10-17-18-14(19)13(15(20)21-4-2)11-7-5-6-8-12(11)16/h5-8,10,13H,3-4,9H2,1-2H3. The molecule has 1 unspecified atom stereocenters. The zero-order valence-corrected chi connectivity index (χ0v) is 12.1. The zero-order valence-electron chi connectivity index (χ0n) is 12.1. The fourth-order valence-electron chi connectivity index (χ4n) is 2.21. The largest absolute Gasteiger partial charge is 0.465 e. The lowest BCUT2D eigenvalue weighted by Gasteiger charge is -2.17. The summed E-state index contributed by atoms with van der Waals surface area (Å²) in [4.78, 5) is 12.3. The molecule has 112 valence electrons. The van der Waals surface area contributed by atoms with Gasteiger partial charge in [-0.2, -0.15) is 0 Å². The molecule has 0 aliphatic rings. The SMILES string of the molecule is CCCn1cnnc1C(C(=O)OCC)c1ccccc1F. The van der Waals surface area contributed by atoms with E-state index in [1.165, 1.54) is 6.07 Å². The number of esters is 1. The predicted molar refractivity (Wildman–Crippen MR) is 75.2 cm³/mol. The van der Waals surface area contributed by atoms with Crippen LogP contribution in [0.15, 0.2) is 30.6 Å². The second-order valence-electron chi connectivity index (χ2n) is 4.59. The lowest BCUT2D eigenvalue weighted by atomic mass is 9.97. The van der Waals surface area contributed by atoms with Crippen LogP contribution in [0, 0.1) is 5.82 Å². The van der Waals surface area contributed by atoms with Crippen LogP contribution in [0.5, 0.6) is 0 Å². The normalized spacial score (nSPS) is 12.1. The van der Waals surface area contributed by atoms with Gasteiger partial charge in [-0.05, 0) is 19.4 Å². The van der Waals surface area contributed by atoms with E-state index in [1.54, 1.807) is 36.0 Å². The van der Waals surface area contributed by atoms with Gasteiger partial charge in [0.2, 0.25) is 0 Å². The average molecular weight is 291 g/mol. The van der Waals surface area contributed by atoms with E-state index in [0.717, 1.165) is 6.42 Å². The van der Waals surface area contributed by atoms with Gasteiger partial charge >= 0.3 is 5.97 Å². The monoisotopic (exact) mass is 291 g/mol. The van der Waals surface area contributed by atoms with Crippen LogP contribution in [0.2, 0.25) is 0 Å². The Morgan fingerprint density at radius 2 is 2.14 bits per heavy atom. The molecule has 5 nitrogen and oxygen atoms in total. The molecule has 0 amide bonds. The Labute approximate surface area is 122 Å². The summed E-state index contributed by atoms with van der Waals surface area (Å²) in [6, 6.07) is 6.16. The molecule has 21 heavy (non-hydrogen) atoms. The van der Waals surface area contributed by atoms with Gasteiger partial charge < -0.3 is 9.30 Å². The molecule has 1 aromatic carbocycles. The molecule has 0 aliphatic heterocycles. The van der Waals surface area contributed by atoms with Crippen LogP contribution in [-0.2, 0) is 16.1 Å². The Bertz CT molecular complexity index is 612. The molecule has 6 heteroatoms. The third-order valence-corrected chi connectivity index (χ3v) is 3.11. The van der Waals surface area contributed by atoms with E-state index in [4.69, 9.17) is 4.74 Å². The van der Waals surface area contributed by atoms with Crippen molar-refractivity contribution in [3.05, 3.63) is 47.8 Å². The van der Waals surface area contributed by atoms with Crippen molar-refractivity contribution in [3.63, 3.8) is 0 Å². The van der Waals surface area contributed by atoms with Crippen molar-refractivity contribution in [1.82, 2.24) is 14.8 Å². The first kappa shape index (κ1) is 15.2. The summed E-state index contributed by atoms with van der Waals surface area (Å²) in [6.45, 7) is 4.61. The van der Waals surface area contributed by atoms with Crippen LogP contribution < -0.4 is 0 Å². The van der Waals surface area contributed by atoms with Gasteiger partial charge in [0.1, 0.15) is 18.1 Å². The van der Waals surface area contributed by atoms with Crippen LogP contribution in [-0.4, -0.2) is 27.3 Å². The van der Waals surface area contributed by atoms with Crippen LogP contribution in [0.4, 0.5) is 4.39 Å². The van der Waals surface area contributed by atoms with Crippen LogP contribution >= 0.6 is 0 Å². The third-order valence-electron chi connectivity index (χ3n) is 3.11. The summed E-state index contributed by atoms with van der Waals surface area (Å²) in [5.74, 6) is -1.48. The molecule has 0 aliphatic carbocycles. The van der Waals surface area contributed by atoms with Crippen molar-refractivity contribution >= 4 is 5.97 Å². The van der Waals surface area contributed by atoms with Crippen LogP contribution in [0.1, 0.15) is 37.6 Å². The highest BCUT2D eigenvalue weighted by Crippen LogP contribution is 2.27. The molecule has 2 rings (SSSR count). The second kappa shape index (κ2) is 6.97. The van der Waals surface area contributed by atoms with Gasteiger partial charge in [-0.1, -0.05) is 25.1 Å². The van der Waals surface area contributed by atoms with E-state index < -0.39 is 17.7 Å². The Morgan fingerprint density at radius 1 is 1.38 bits per heavy atom. The van der Waals surface area contributed by atoms with Crippen LogP contribution in [0.25, 0.3) is 0 Å². The van der Waals surface area contributed by atoms with Crippen molar-refractivity contribution in [2.75, 3.05) is 6.61 Å². The number of halogens is 1. The first-order chi connectivity index (χ1) is 10.2. The number of benzene rings is 1. The molecule has 0 fully saturated rings. The van der Waals surface area contributed by atoms with E-state index in [-0.39, 0.29) is 12.2 Å². The Kier molecular flexibility index (Phi) is 5.03. The van der Waals surface area contributed by atoms with Gasteiger partial charge in [0, 0.05) is 12.1 Å². The minimum absolute atomic E-state index is 0.228. The maximum atomic E-state index is 14.1. The van der Waals surface area contributed by atoms with E-state index in [2.05, 4.69) is 10.2 Å². The third kappa shape index (κ3) is 3.26. The number of nitrogens with zero attached hydrogens (tertiary/aromatic N) is 3. The molecule has 2 aromatic rings. The quantitative estimate of drug-likeness (QED) is 0.767. The first-order valence-corrected chi connectivity index (χ1v) is 6.97. The molecule has 0 N–H and O–H groups in total. The van der Waals surface area contributed by atoms with Gasteiger partial charge in [-0.25, -0.2) is 4.39 Å². The number of carbonyl (C=O) groups is 1. The molecule has 1 aromatic heterocycles. The second-order valence-corrected chi connectivity index (χ2v) is 4.59. The highest BCUT2D eigenvalue weighted by molar-refractivity contribution is 5.81. The van der Waals surface area contributed by atoms with Gasteiger partial charge in [-0.3, -0.25) is 4.79 Å². The minimum atomic E-state index is -0.903. The molecule has 0 saturated heterocycles. The molecule has 0 spiro atoms. The maximum absolute atomic E-state index is 14.1. The van der Waals surface area contributed by atoms with Gasteiger partial charge in [-0.15, -0.1) is 10.2 Å². The fourth-order valence-corrected chi connectivity index (χ4v) is 2.21. The number of carbonyl (C=O) groups excluding carboxylic acids is 1. The topological polar surface area (TPSA) is 57.0 Å². The number of ether oxygens (including phenoxy) is 1. The van der Waals surface area contributed by atoms with Crippen molar-refractivity contribution < 1.29 is 13.9 Å². The minimum Gasteiger partial charge on any atom is -0.465 e. The Balaban J connectivity index is 2.48. The van der Waals surface area contributed by atoms with E-state index in [9.17, 15) is 9.18 Å².